The van der Waals surface area contributed by atoms with Crippen LogP contribution in [-0.2, 0) is 9.53 Å². The van der Waals surface area contributed by atoms with E-state index in [2.05, 4.69) is 18.8 Å². The highest BCUT2D eigenvalue weighted by molar-refractivity contribution is 5.86. The molecule has 0 radical (unpaired) electrons. The van der Waals surface area contributed by atoms with Gasteiger partial charge in [0, 0.05) is 6.21 Å². The van der Waals surface area contributed by atoms with Crippen LogP contribution in [0.25, 0.3) is 0 Å². The van der Waals surface area contributed by atoms with Crippen LogP contribution in [0.2, 0.25) is 0 Å². The van der Waals surface area contributed by atoms with Gasteiger partial charge in [0.2, 0.25) is 0 Å². The standard InChI is InChI=1S/C18H27NO2/c1-4-6-13-18(14-7-5-2,17(20)21-3)19-15-16-11-9-8-10-12-16/h8-12,15H,4-7,13-14H2,1-3H3. The van der Waals surface area contributed by atoms with E-state index in [0.717, 1.165) is 44.1 Å². The summed E-state index contributed by atoms with van der Waals surface area (Å²) < 4.78 is 5.05. The van der Waals surface area contributed by atoms with Crippen LogP contribution in [0.3, 0.4) is 0 Å². The van der Waals surface area contributed by atoms with Crippen molar-refractivity contribution in [3.8, 4) is 0 Å². The molecule has 0 aliphatic carbocycles. The molecule has 3 nitrogen and oxygen atoms in total. The number of aliphatic imine (C=N–C) groups is 1. The number of hydrogen-bond donors (Lipinski definition) is 0. The Bertz CT molecular complexity index is 432. The number of rotatable bonds is 9. The van der Waals surface area contributed by atoms with Gasteiger partial charge in [0.1, 0.15) is 0 Å². The van der Waals surface area contributed by atoms with E-state index in [-0.39, 0.29) is 5.97 Å². The van der Waals surface area contributed by atoms with Gasteiger partial charge in [0.25, 0.3) is 0 Å². The van der Waals surface area contributed by atoms with Crippen LogP contribution in [0.5, 0.6) is 0 Å². The van der Waals surface area contributed by atoms with Crippen LogP contribution in [0.1, 0.15) is 57.9 Å². The molecule has 116 valence electrons. The summed E-state index contributed by atoms with van der Waals surface area (Å²) in [7, 11) is 1.45. The molecular weight excluding hydrogens is 262 g/mol. The van der Waals surface area contributed by atoms with E-state index in [1.165, 1.54) is 7.11 Å². The largest absolute Gasteiger partial charge is 0.467 e. The Hall–Kier alpha value is -1.64. The summed E-state index contributed by atoms with van der Waals surface area (Å²) in [5.74, 6) is -0.211. The van der Waals surface area contributed by atoms with Crippen molar-refractivity contribution in [2.75, 3.05) is 7.11 Å². The number of benzene rings is 1. The van der Waals surface area contributed by atoms with Crippen molar-refractivity contribution in [3.05, 3.63) is 35.9 Å². The van der Waals surface area contributed by atoms with Crippen LogP contribution in [0.15, 0.2) is 35.3 Å². The molecule has 0 fully saturated rings. The number of ether oxygens (including phenoxy) is 1. The maximum absolute atomic E-state index is 12.3. The molecule has 0 unspecified atom stereocenters. The predicted octanol–water partition coefficient (Wildman–Crippen LogP) is 4.40. The van der Waals surface area contributed by atoms with Gasteiger partial charge in [-0.1, -0.05) is 69.9 Å². The van der Waals surface area contributed by atoms with Crippen LogP contribution >= 0.6 is 0 Å². The highest BCUT2D eigenvalue weighted by Gasteiger charge is 2.37. The average Bonchev–Trinajstić information content (AvgIpc) is 2.54. The minimum Gasteiger partial charge on any atom is -0.467 e. The van der Waals surface area contributed by atoms with Crippen LogP contribution in [0.4, 0.5) is 0 Å². The van der Waals surface area contributed by atoms with Gasteiger partial charge in [-0.05, 0) is 18.4 Å². The lowest BCUT2D eigenvalue weighted by Crippen LogP contribution is -2.38. The molecule has 0 saturated carbocycles. The Morgan fingerprint density at radius 3 is 2.19 bits per heavy atom. The minimum absolute atomic E-state index is 0.211. The second-order valence-corrected chi connectivity index (χ2v) is 5.40. The Morgan fingerprint density at radius 2 is 1.71 bits per heavy atom. The number of carbonyl (C=O) groups is 1. The fourth-order valence-corrected chi connectivity index (χ4v) is 2.38. The highest BCUT2D eigenvalue weighted by atomic mass is 16.5. The lowest BCUT2D eigenvalue weighted by Gasteiger charge is -2.27. The summed E-state index contributed by atoms with van der Waals surface area (Å²) in [6, 6.07) is 9.90. The molecule has 0 heterocycles. The molecular formula is C18H27NO2. The van der Waals surface area contributed by atoms with Gasteiger partial charge in [-0.25, -0.2) is 4.79 Å². The molecule has 0 spiro atoms. The van der Waals surface area contributed by atoms with E-state index >= 15 is 0 Å². The van der Waals surface area contributed by atoms with Gasteiger partial charge in [-0.2, -0.15) is 0 Å². The van der Waals surface area contributed by atoms with Crippen molar-refractivity contribution >= 4 is 12.2 Å². The van der Waals surface area contributed by atoms with Crippen molar-refractivity contribution in [1.29, 1.82) is 0 Å². The molecule has 0 bridgehead atoms. The van der Waals surface area contributed by atoms with E-state index < -0.39 is 5.54 Å². The summed E-state index contributed by atoms with van der Waals surface area (Å²) >= 11 is 0. The Kier molecular flexibility index (Phi) is 7.73. The van der Waals surface area contributed by atoms with Crippen LogP contribution < -0.4 is 0 Å². The molecule has 0 N–H and O–H groups in total. The van der Waals surface area contributed by atoms with E-state index in [4.69, 9.17) is 4.74 Å². The summed E-state index contributed by atoms with van der Waals surface area (Å²) in [5.41, 5.74) is 0.287. The first-order chi connectivity index (χ1) is 10.2. The zero-order valence-electron chi connectivity index (χ0n) is 13.5. The normalized spacial score (nSPS) is 11.8. The topological polar surface area (TPSA) is 38.7 Å². The number of unbranched alkanes of at least 4 members (excludes halogenated alkanes) is 2. The number of hydrogen-bond acceptors (Lipinski definition) is 3. The quantitative estimate of drug-likeness (QED) is 0.499. The molecule has 1 aromatic rings. The molecule has 0 amide bonds. The maximum atomic E-state index is 12.3. The van der Waals surface area contributed by atoms with E-state index in [1.54, 1.807) is 0 Å². The first-order valence-corrected chi connectivity index (χ1v) is 7.87. The van der Waals surface area contributed by atoms with Crippen LogP contribution in [0, 0.1) is 0 Å². The zero-order chi connectivity index (χ0) is 15.6. The van der Waals surface area contributed by atoms with Crippen molar-refractivity contribution in [2.24, 2.45) is 4.99 Å². The zero-order valence-corrected chi connectivity index (χ0v) is 13.5. The number of esters is 1. The minimum atomic E-state index is -0.726. The van der Waals surface area contributed by atoms with Crippen LogP contribution in [-0.4, -0.2) is 24.8 Å². The fraction of sp³-hybridized carbons (Fsp3) is 0.556. The maximum Gasteiger partial charge on any atom is 0.333 e. The van der Waals surface area contributed by atoms with E-state index in [9.17, 15) is 4.79 Å². The van der Waals surface area contributed by atoms with E-state index in [1.807, 2.05) is 36.5 Å². The average molecular weight is 289 g/mol. The Labute approximate surface area is 128 Å². The van der Waals surface area contributed by atoms with Crippen molar-refractivity contribution in [3.63, 3.8) is 0 Å². The number of methoxy groups -OCH3 is 1. The van der Waals surface area contributed by atoms with Crippen molar-refractivity contribution < 1.29 is 9.53 Å². The summed E-state index contributed by atoms with van der Waals surface area (Å²) in [6.45, 7) is 4.26. The third-order valence-corrected chi connectivity index (χ3v) is 3.71. The van der Waals surface area contributed by atoms with Gasteiger partial charge >= 0.3 is 5.97 Å². The summed E-state index contributed by atoms with van der Waals surface area (Å²) in [6.07, 6.45) is 7.36. The summed E-state index contributed by atoms with van der Waals surface area (Å²) in [5, 5.41) is 0. The molecule has 21 heavy (non-hydrogen) atoms. The highest BCUT2D eigenvalue weighted by Crippen LogP contribution is 2.28. The molecule has 1 aromatic carbocycles. The van der Waals surface area contributed by atoms with E-state index in [0.29, 0.717) is 0 Å². The number of nitrogens with zero attached hydrogens (tertiary/aromatic N) is 1. The molecule has 1 rings (SSSR count). The fourth-order valence-electron chi connectivity index (χ4n) is 2.38. The molecule has 0 atom stereocenters. The van der Waals surface area contributed by atoms with Gasteiger partial charge in [0.05, 0.1) is 7.11 Å². The third-order valence-electron chi connectivity index (χ3n) is 3.71. The lowest BCUT2D eigenvalue weighted by molar-refractivity contribution is -0.147. The predicted molar refractivity (Wildman–Crippen MR) is 87.8 cm³/mol. The second kappa shape index (κ2) is 9.32. The lowest BCUT2D eigenvalue weighted by atomic mass is 9.87. The monoisotopic (exact) mass is 289 g/mol. The van der Waals surface area contributed by atoms with Gasteiger partial charge in [-0.15, -0.1) is 0 Å². The molecule has 3 heteroatoms. The Morgan fingerprint density at radius 1 is 1.14 bits per heavy atom. The smallest absolute Gasteiger partial charge is 0.333 e. The molecule has 0 aliphatic rings. The van der Waals surface area contributed by atoms with Crippen molar-refractivity contribution in [2.45, 2.75) is 57.9 Å². The van der Waals surface area contributed by atoms with Gasteiger partial charge in [0.15, 0.2) is 5.54 Å². The number of carbonyl (C=O) groups excluding carboxylic acids is 1. The third kappa shape index (κ3) is 5.33. The van der Waals surface area contributed by atoms with Gasteiger partial charge in [-0.3, -0.25) is 4.99 Å². The SMILES string of the molecule is CCCCC(CCCC)(N=Cc1ccccc1)C(=O)OC. The van der Waals surface area contributed by atoms with Gasteiger partial charge < -0.3 is 4.74 Å². The Balaban J connectivity index is 3.01. The van der Waals surface area contributed by atoms with Crippen molar-refractivity contribution in [1.82, 2.24) is 0 Å². The second-order valence-electron chi connectivity index (χ2n) is 5.40. The summed E-state index contributed by atoms with van der Waals surface area (Å²) in [4.78, 5) is 17.0. The first kappa shape index (κ1) is 17.4. The molecule has 0 saturated heterocycles. The first-order valence-electron chi connectivity index (χ1n) is 7.87. The molecule has 0 aromatic heterocycles. The molecule has 0 aliphatic heterocycles.